The van der Waals surface area contributed by atoms with Gasteiger partial charge in [0.05, 0.1) is 11.7 Å². The number of nitrogens with zero attached hydrogens (tertiary/aromatic N) is 5. The first kappa shape index (κ1) is 17.1. The smallest absolute Gasteiger partial charge is 0.314 e. The van der Waals surface area contributed by atoms with Crippen LogP contribution in [0.3, 0.4) is 0 Å². The van der Waals surface area contributed by atoms with Gasteiger partial charge < -0.3 is 10.2 Å². The van der Waals surface area contributed by atoms with Gasteiger partial charge >= 0.3 is 6.03 Å². The van der Waals surface area contributed by atoms with E-state index in [1.807, 2.05) is 44.2 Å². The molecule has 8 heteroatoms. The number of urea groups is 1. The van der Waals surface area contributed by atoms with E-state index in [9.17, 15) is 4.79 Å². The molecule has 8 nitrogen and oxygen atoms in total. The van der Waals surface area contributed by atoms with Crippen molar-refractivity contribution in [2.24, 2.45) is 0 Å². The van der Waals surface area contributed by atoms with Crippen LogP contribution < -0.4 is 5.32 Å². The van der Waals surface area contributed by atoms with Crippen molar-refractivity contribution in [3.63, 3.8) is 0 Å². The zero-order valence-electron chi connectivity index (χ0n) is 15.3. The monoisotopic (exact) mass is 363 g/mol. The SMILES string of the molecule is Cc1nccc(-c2cccc(NC(=O)N3CCC[C@H]3c3n[nH]c(C)n3)c2)n1. The number of aryl methyl sites for hydroxylation is 2. The first-order valence-corrected chi connectivity index (χ1v) is 8.97. The second-order valence-electron chi connectivity index (χ2n) is 6.63. The van der Waals surface area contributed by atoms with Gasteiger partial charge in [0, 0.05) is 24.0 Å². The predicted molar refractivity (Wildman–Crippen MR) is 101 cm³/mol. The Balaban J connectivity index is 1.52. The van der Waals surface area contributed by atoms with Crippen LogP contribution in [0.4, 0.5) is 10.5 Å². The Morgan fingerprint density at radius 1 is 1.26 bits per heavy atom. The van der Waals surface area contributed by atoms with Crippen LogP contribution in [-0.2, 0) is 0 Å². The number of benzene rings is 1. The quantitative estimate of drug-likeness (QED) is 0.744. The summed E-state index contributed by atoms with van der Waals surface area (Å²) < 4.78 is 0. The molecule has 1 atom stereocenters. The minimum Gasteiger partial charge on any atom is -0.314 e. The maximum Gasteiger partial charge on any atom is 0.322 e. The van der Waals surface area contributed by atoms with Gasteiger partial charge in [-0.3, -0.25) is 5.10 Å². The van der Waals surface area contributed by atoms with Gasteiger partial charge in [0.2, 0.25) is 0 Å². The summed E-state index contributed by atoms with van der Waals surface area (Å²) in [5, 5.41) is 10.1. The highest BCUT2D eigenvalue weighted by Gasteiger charge is 2.32. The summed E-state index contributed by atoms with van der Waals surface area (Å²) in [6.07, 6.45) is 3.54. The van der Waals surface area contributed by atoms with Gasteiger partial charge in [-0.15, -0.1) is 0 Å². The van der Waals surface area contributed by atoms with Gasteiger partial charge in [-0.1, -0.05) is 12.1 Å². The van der Waals surface area contributed by atoms with Gasteiger partial charge in [0.25, 0.3) is 0 Å². The summed E-state index contributed by atoms with van der Waals surface area (Å²) in [5.41, 5.74) is 2.49. The van der Waals surface area contributed by atoms with E-state index >= 15 is 0 Å². The number of H-pyrrole nitrogens is 1. The number of aromatic nitrogens is 5. The van der Waals surface area contributed by atoms with E-state index in [0.29, 0.717) is 18.2 Å². The van der Waals surface area contributed by atoms with Crippen LogP contribution in [0.5, 0.6) is 0 Å². The average Bonchev–Trinajstić information content (AvgIpc) is 3.30. The number of rotatable bonds is 3. The predicted octanol–water partition coefficient (Wildman–Crippen LogP) is 3.25. The van der Waals surface area contributed by atoms with E-state index in [1.165, 1.54) is 0 Å². The van der Waals surface area contributed by atoms with E-state index in [0.717, 1.165) is 35.6 Å². The highest BCUT2D eigenvalue weighted by atomic mass is 16.2. The largest absolute Gasteiger partial charge is 0.322 e. The molecule has 0 unspecified atom stereocenters. The average molecular weight is 363 g/mol. The van der Waals surface area contributed by atoms with Gasteiger partial charge in [0.15, 0.2) is 5.82 Å². The van der Waals surface area contributed by atoms with E-state index in [4.69, 9.17) is 0 Å². The minimum atomic E-state index is -0.143. The third-order valence-electron chi connectivity index (χ3n) is 4.61. The molecule has 2 amide bonds. The molecule has 0 radical (unpaired) electrons. The van der Waals surface area contributed by atoms with Crippen LogP contribution >= 0.6 is 0 Å². The van der Waals surface area contributed by atoms with Crippen molar-refractivity contribution in [3.8, 4) is 11.3 Å². The van der Waals surface area contributed by atoms with Gasteiger partial charge in [-0.05, 0) is 44.9 Å². The molecular weight excluding hydrogens is 342 g/mol. The number of carbonyl (C=O) groups excluding carboxylic acids is 1. The fourth-order valence-electron chi connectivity index (χ4n) is 3.36. The zero-order valence-corrected chi connectivity index (χ0v) is 15.3. The molecule has 4 rings (SSSR count). The normalized spacial score (nSPS) is 16.5. The summed E-state index contributed by atoms with van der Waals surface area (Å²) in [6.45, 7) is 4.40. The Labute approximate surface area is 157 Å². The van der Waals surface area contributed by atoms with Crippen molar-refractivity contribution in [2.45, 2.75) is 32.7 Å². The van der Waals surface area contributed by atoms with Crippen LogP contribution in [-0.4, -0.2) is 42.6 Å². The maximum absolute atomic E-state index is 12.8. The molecular formula is C19H21N7O. The summed E-state index contributed by atoms with van der Waals surface area (Å²) in [7, 11) is 0. The van der Waals surface area contributed by atoms with Gasteiger partial charge in [0.1, 0.15) is 11.6 Å². The van der Waals surface area contributed by atoms with Crippen molar-refractivity contribution >= 4 is 11.7 Å². The van der Waals surface area contributed by atoms with E-state index in [2.05, 4.69) is 30.5 Å². The molecule has 0 spiro atoms. The zero-order chi connectivity index (χ0) is 18.8. The Morgan fingerprint density at radius 3 is 2.93 bits per heavy atom. The highest BCUT2D eigenvalue weighted by molar-refractivity contribution is 5.90. The topological polar surface area (TPSA) is 99.7 Å². The molecule has 0 saturated carbocycles. The number of hydrogen-bond donors (Lipinski definition) is 2. The molecule has 0 aliphatic carbocycles. The molecule has 27 heavy (non-hydrogen) atoms. The van der Waals surface area contributed by atoms with Crippen molar-refractivity contribution < 1.29 is 4.79 Å². The fraction of sp³-hybridized carbons (Fsp3) is 0.316. The lowest BCUT2D eigenvalue weighted by atomic mass is 10.1. The second-order valence-corrected chi connectivity index (χ2v) is 6.63. The van der Waals surface area contributed by atoms with Crippen molar-refractivity contribution in [3.05, 3.63) is 54.0 Å². The fourth-order valence-corrected chi connectivity index (χ4v) is 3.36. The lowest BCUT2D eigenvalue weighted by Gasteiger charge is -2.23. The Bertz CT molecular complexity index is 968. The van der Waals surface area contributed by atoms with Gasteiger partial charge in [-0.2, -0.15) is 5.10 Å². The lowest BCUT2D eigenvalue weighted by Crippen LogP contribution is -2.34. The number of likely N-dealkylation sites (tertiary alicyclic amines) is 1. The summed E-state index contributed by atoms with van der Waals surface area (Å²) in [5.74, 6) is 2.14. The highest BCUT2D eigenvalue weighted by Crippen LogP contribution is 2.30. The number of anilines is 1. The molecule has 138 valence electrons. The Morgan fingerprint density at radius 2 is 2.15 bits per heavy atom. The molecule has 1 saturated heterocycles. The third-order valence-corrected chi connectivity index (χ3v) is 4.61. The molecule has 1 aliphatic heterocycles. The first-order valence-electron chi connectivity index (χ1n) is 8.97. The van der Waals surface area contributed by atoms with Crippen LogP contribution in [0.2, 0.25) is 0 Å². The molecule has 0 bridgehead atoms. The summed E-state index contributed by atoms with van der Waals surface area (Å²) in [4.78, 5) is 27.6. The van der Waals surface area contributed by atoms with Crippen LogP contribution in [0.25, 0.3) is 11.3 Å². The van der Waals surface area contributed by atoms with Gasteiger partial charge in [-0.25, -0.2) is 19.7 Å². The Hall–Kier alpha value is -3.29. The molecule has 1 aliphatic rings. The molecule has 1 aromatic carbocycles. The van der Waals surface area contributed by atoms with Crippen molar-refractivity contribution in [2.75, 3.05) is 11.9 Å². The van der Waals surface area contributed by atoms with Crippen molar-refractivity contribution in [1.29, 1.82) is 0 Å². The minimum absolute atomic E-state index is 0.0948. The molecule has 3 aromatic rings. The van der Waals surface area contributed by atoms with Crippen molar-refractivity contribution in [1.82, 2.24) is 30.0 Å². The number of aromatic amines is 1. The van der Waals surface area contributed by atoms with E-state index < -0.39 is 0 Å². The molecule has 3 heterocycles. The third kappa shape index (κ3) is 3.64. The van der Waals surface area contributed by atoms with Crippen LogP contribution in [0.1, 0.15) is 36.4 Å². The second kappa shape index (κ2) is 7.14. The lowest BCUT2D eigenvalue weighted by molar-refractivity contribution is 0.205. The summed E-state index contributed by atoms with van der Waals surface area (Å²) in [6, 6.07) is 9.28. The van der Waals surface area contributed by atoms with E-state index in [1.54, 1.807) is 11.1 Å². The molecule has 1 fully saturated rings. The summed E-state index contributed by atoms with van der Waals surface area (Å²) >= 11 is 0. The number of nitrogens with one attached hydrogen (secondary N) is 2. The van der Waals surface area contributed by atoms with E-state index in [-0.39, 0.29) is 12.1 Å². The molecule has 2 N–H and O–H groups in total. The molecule has 2 aromatic heterocycles. The first-order chi connectivity index (χ1) is 13.1. The standard InChI is InChI=1S/C19H21N7O/c1-12-20-9-8-16(21-12)14-5-3-6-15(11-14)23-19(27)26-10-4-7-17(26)18-22-13(2)24-25-18/h3,5-6,8-9,11,17H,4,7,10H2,1-2H3,(H,23,27)(H,22,24,25)/t17-/m0/s1. The maximum atomic E-state index is 12.8. The Kier molecular flexibility index (Phi) is 4.53. The number of hydrogen-bond acceptors (Lipinski definition) is 5. The number of amides is 2. The van der Waals surface area contributed by atoms with Crippen LogP contribution in [0.15, 0.2) is 36.5 Å². The number of carbonyl (C=O) groups is 1. The van der Waals surface area contributed by atoms with Crippen LogP contribution in [0, 0.1) is 13.8 Å².